The Hall–Kier alpha value is 0.0395. The van der Waals surface area contributed by atoms with E-state index in [9.17, 15) is 5.21 Å². The van der Waals surface area contributed by atoms with Gasteiger partial charge in [0.25, 0.3) is 0 Å². The zero-order valence-electron chi connectivity index (χ0n) is 6.62. The number of amidine groups is 1. The Bertz CT molecular complexity index is 227. The molecule has 0 bridgehead atoms. The molecule has 61 valence electrons. The second-order valence-electron chi connectivity index (χ2n) is 2.77. The Morgan fingerprint density at radius 1 is 1.64 bits per heavy atom. The van der Waals surface area contributed by atoms with Crippen molar-refractivity contribution in [3.8, 4) is 0 Å². The molecule has 0 spiro atoms. The zero-order valence-corrected chi connectivity index (χ0v) is 9.15. The molecule has 0 N–H and O–H groups in total. The van der Waals surface area contributed by atoms with Crippen LogP contribution in [0.3, 0.4) is 0 Å². The van der Waals surface area contributed by atoms with Crippen LogP contribution in [0.1, 0.15) is 20.8 Å². The molecular weight excluding hydrogens is 227 g/mol. The first kappa shape index (κ1) is 9.13. The molecule has 0 amide bonds. The van der Waals surface area contributed by atoms with E-state index in [1.54, 1.807) is 6.92 Å². The molecule has 11 heavy (non-hydrogen) atoms. The van der Waals surface area contributed by atoms with E-state index in [1.807, 2.05) is 13.8 Å². The summed E-state index contributed by atoms with van der Waals surface area (Å²) in [6, 6.07) is 0. The summed E-state index contributed by atoms with van der Waals surface area (Å²) < 4.78 is 0.365. The monoisotopic (exact) mass is 237 g/mol. The van der Waals surface area contributed by atoms with E-state index in [4.69, 9.17) is 12.2 Å². The van der Waals surface area contributed by atoms with Gasteiger partial charge in [-0.05, 0) is 0 Å². The van der Waals surface area contributed by atoms with Gasteiger partial charge >= 0.3 is 77.4 Å². The van der Waals surface area contributed by atoms with Gasteiger partial charge in [0, 0.05) is 0 Å². The number of hydrogen-bond acceptors (Lipinski definition) is 2. The van der Waals surface area contributed by atoms with E-state index < -0.39 is 0 Å². The first-order valence-electron chi connectivity index (χ1n) is 3.19. The second-order valence-corrected chi connectivity index (χ2v) is 7.07. The minimum absolute atomic E-state index is 0.0175. The molecule has 1 radical (unpaired) electrons. The van der Waals surface area contributed by atoms with Crippen LogP contribution in [0, 0.1) is 0 Å². The molecule has 1 aliphatic rings. The summed E-state index contributed by atoms with van der Waals surface area (Å²) in [5, 5.41) is 11.8. The van der Waals surface area contributed by atoms with Crippen molar-refractivity contribution in [2.45, 2.75) is 25.2 Å². The zero-order chi connectivity index (χ0) is 8.65. The normalized spacial score (nSPS) is 23.5. The van der Waals surface area contributed by atoms with Crippen molar-refractivity contribution in [3.05, 3.63) is 0 Å². The molecule has 1 aliphatic heterocycles. The van der Waals surface area contributed by atoms with Crippen LogP contribution in [-0.4, -0.2) is 34.2 Å². The molecule has 3 nitrogen and oxygen atoms in total. The molecule has 5 heteroatoms. The maximum atomic E-state index is 11.1. The molecule has 0 fully saturated rings. The molecule has 1 rings (SSSR count). The Labute approximate surface area is 77.6 Å². The van der Waals surface area contributed by atoms with Crippen LogP contribution < -0.4 is 0 Å². The number of hydrogen-bond donors (Lipinski definition) is 0. The second kappa shape index (κ2) is 2.83. The standard InChI is InChI=1S/C6H9N2OSSe/c1-4-7-6(2,3)11-5(10)8(4)9/h1-3H3. The molecule has 1 heterocycles. The van der Waals surface area contributed by atoms with Gasteiger partial charge in [-0.15, -0.1) is 0 Å². The number of aliphatic imine (C=N–C) groups is 1. The maximum absolute atomic E-state index is 11.1. The van der Waals surface area contributed by atoms with Gasteiger partial charge in [-0.2, -0.15) is 0 Å². The SMILES string of the molecule is CC1=NC(C)(C)[Se]C(=S)N1[O]. The fourth-order valence-electron chi connectivity index (χ4n) is 0.845. The fourth-order valence-corrected chi connectivity index (χ4v) is 3.76. The number of nitrogens with zero attached hydrogens (tertiary/aromatic N) is 2. The number of rotatable bonds is 0. The third-order valence-corrected chi connectivity index (χ3v) is 3.78. The van der Waals surface area contributed by atoms with Crippen molar-refractivity contribution < 1.29 is 5.21 Å². The first-order chi connectivity index (χ1) is 4.92. The van der Waals surface area contributed by atoms with E-state index in [2.05, 4.69) is 4.99 Å². The molecule has 0 atom stereocenters. The van der Waals surface area contributed by atoms with Crippen LogP contribution in [0.15, 0.2) is 4.99 Å². The van der Waals surface area contributed by atoms with Gasteiger partial charge in [0.2, 0.25) is 0 Å². The van der Waals surface area contributed by atoms with Crippen LogP contribution >= 0.6 is 12.2 Å². The Morgan fingerprint density at radius 2 is 2.18 bits per heavy atom. The Kier molecular flexibility index (Phi) is 2.35. The van der Waals surface area contributed by atoms with Gasteiger partial charge in [-0.3, -0.25) is 0 Å². The van der Waals surface area contributed by atoms with Crippen LogP contribution in [-0.2, 0) is 5.21 Å². The Balaban J connectivity index is 2.94. The van der Waals surface area contributed by atoms with Crippen molar-refractivity contribution in [2.75, 3.05) is 0 Å². The van der Waals surface area contributed by atoms with Crippen LogP contribution in [0.2, 0.25) is 0 Å². The third kappa shape index (κ3) is 1.99. The van der Waals surface area contributed by atoms with Gasteiger partial charge in [0.15, 0.2) is 0 Å². The van der Waals surface area contributed by atoms with Gasteiger partial charge in [-0.25, -0.2) is 0 Å². The van der Waals surface area contributed by atoms with E-state index in [0.717, 1.165) is 5.06 Å². The van der Waals surface area contributed by atoms with Crippen molar-refractivity contribution in [1.82, 2.24) is 5.06 Å². The summed E-state index contributed by atoms with van der Waals surface area (Å²) in [5.74, 6) is 0.480. The van der Waals surface area contributed by atoms with Crippen molar-refractivity contribution >= 4 is 36.9 Å². The molecule has 0 aliphatic carbocycles. The fraction of sp³-hybridized carbons (Fsp3) is 0.667. The van der Waals surface area contributed by atoms with E-state index >= 15 is 0 Å². The molecule has 0 aromatic heterocycles. The average Bonchev–Trinajstić information content (AvgIpc) is 1.81. The summed E-state index contributed by atoms with van der Waals surface area (Å²) in [7, 11) is 0. The summed E-state index contributed by atoms with van der Waals surface area (Å²) in [5.41, 5.74) is 0. The molecule has 0 unspecified atom stereocenters. The van der Waals surface area contributed by atoms with E-state index in [0.29, 0.717) is 9.72 Å². The van der Waals surface area contributed by atoms with Crippen LogP contribution in [0.25, 0.3) is 0 Å². The Morgan fingerprint density at radius 3 is 2.64 bits per heavy atom. The van der Waals surface area contributed by atoms with Gasteiger partial charge in [-0.1, -0.05) is 0 Å². The van der Waals surface area contributed by atoms with Crippen molar-refractivity contribution in [3.63, 3.8) is 0 Å². The molecular formula is C6H9N2OSSe. The van der Waals surface area contributed by atoms with Crippen LogP contribution in [0.4, 0.5) is 0 Å². The molecule has 0 aromatic rings. The molecule has 0 saturated carbocycles. The third-order valence-electron chi connectivity index (χ3n) is 1.23. The molecule has 0 aromatic carbocycles. The summed E-state index contributed by atoms with van der Waals surface area (Å²) in [6.07, 6.45) is 0. The minimum atomic E-state index is -0.130. The van der Waals surface area contributed by atoms with Crippen LogP contribution in [0.5, 0.6) is 0 Å². The quantitative estimate of drug-likeness (QED) is 0.460. The first-order valence-corrected chi connectivity index (χ1v) is 5.31. The number of thiocarbonyl (C=S) groups is 1. The van der Waals surface area contributed by atoms with E-state index in [1.165, 1.54) is 0 Å². The topological polar surface area (TPSA) is 35.5 Å². The van der Waals surface area contributed by atoms with Crippen molar-refractivity contribution in [1.29, 1.82) is 0 Å². The van der Waals surface area contributed by atoms with Gasteiger partial charge < -0.3 is 0 Å². The summed E-state index contributed by atoms with van der Waals surface area (Å²) in [6.45, 7) is 5.68. The number of hydroxylamine groups is 2. The predicted octanol–water partition coefficient (Wildman–Crippen LogP) is 0.791. The van der Waals surface area contributed by atoms with Crippen molar-refractivity contribution in [2.24, 2.45) is 4.99 Å². The average molecular weight is 236 g/mol. The predicted molar refractivity (Wildman–Crippen MR) is 48.1 cm³/mol. The van der Waals surface area contributed by atoms with Gasteiger partial charge in [0.1, 0.15) is 0 Å². The van der Waals surface area contributed by atoms with Gasteiger partial charge in [0.05, 0.1) is 0 Å². The summed E-state index contributed by atoms with van der Waals surface area (Å²) >= 11 is 4.93. The molecule has 0 saturated heterocycles. The summed E-state index contributed by atoms with van der Waals surface area (Å²) in [4.78, 5) is 4.22. The van der Waals surface area contributed by atoms with E-state index in [-0.39, 0.29) is 19.4 Å².